The van der Waals surface area contributed by atoms with E-state index in [1.54, 1.807) is 28.4 Å². The van der Waals surface area contributed by atoms with Crippen LogP contribution < -0.4 is 5.32 Å². The number of carbonyl (C=O) groups is 2. The molecule has 0 aromatic carbocycles. The van der Waals surface area contributed by atoms with Gasteiger partial charge < -0.3 is 19.2 Å². The molecular formula is C21H25N5O4S. The van der Waals surface area contributed by atoms with E-state index in [1.807, 2.05) is 31.4 Å². The largest absolute Gasteiger partial charge is 0.459 e. The summed E-state index contributed by atoms with van der Waals surface area (Å²) in [6.45, 7) is 6.92. The molecule has 1 N–H and O–H groups in total. The quantitative estimate of drug-likeness (QED) is 0.598. The van der Waals surface area contributed by atoms with E-state index < -0.39 is 6.04 Å². The average Bonchev–Trinajstić information content (AvgIpc) is 3.54. The highest BCUT2D eigenvalue weighted by molar-refractivity contribution is 7.13. The number of amides is 2. The second kappa shape index (κ2) is 9.44. The van der Waals surface area contributed by atoms with Crippen LogP contribution in [-0.2, 0) is 11.3 Å². The van der Waals surface area contributed by atoms with E-state index in [9.17, 15) is 9.59 Å². The number of furan rings is 1. The monoisotopic (exact) mass is 443 g/mol. The lowest BCUT2D eigenvalue weighted by molar-refractivity contribution is -0.136. The molecule has 9 nitrogen and oxygen atoms in total. The summed E-state index contributed by atoms with van der Waals surface area (Å²) in [4.78, 5) is 34.8. The smallest absolute Gasteiger partial charge is 0.287 e. The van der Waals surface area contributed by atoms with Crippen LogP contribution in [0.3, 0.4) is 0 Å². The van der Waals surface area contributed by atoms with Crippen LogP contribution in [0.1, 0.15) is 30.3 Å². The summed E-state index contributed by atoms with van der Waals surface area (Å²) in [5.74, 6) is 0.865. The van der Waals surface area contributed by atoms with E-state index in [2.05, 4.69) is 20.4 Å². The van der Waals surface area contributed by atoms with Gasteiger partial charge in [-0.3, -0.25) is 14.5 Å². The first-order chi connectivity index (χ1) is 15.0. The van der Waals surface area contributed by atoms with Crippen LogP contribution in [0.4, 0.5) is 0 Å². The minimum Gasteiger partial charge on any atom is -0.459 e. The number of nitrogens with zero attached hydrogens (tertiary/aromatic N) is 4. The van der Waals surface area contributed by atoms with Crippen molar-refractivity contribution in [3.8, 4) is 10.7 Å². The van der Waals surface area contributed by atoms with Crippen molar-refractivity contribution < 1.29 is 18.5 Å². The summed E-state index contributed by atoms with van der Waals surface area (Å²) < 4.78 is 10.5. The molecule has 4 heterocycles. The molecule has 1 saturated heterocycles. The molecule has 0 radical (unpaired) electrons. The molecule has 0 bridgehead atoms. The molecule has 4 rings (SSSR count). The molecule has 3 aromatic heterocycles. The number of carbonyl (C=O) groups excluding carboxylic acids is 2. The van der Waals surface area contributed by atoms with E-state index in [0.29, 0.717) is 44.4 Å². The molecule has 0 aliphatic carbocycles. The average molecular weight is 444 g/mol. The first-order valence-electron chi connectivity index (χ1n) is 10.2. The van der Waals surface area contributed by atoms with Gasteiger partial charge in [-0.1, -0.05) is 25.1 Å². The van der Waals surface area contributed by atoms with Gasteiger partial charge in [0.05, 0.1) is 17.7 Å². The number of thiophene rings is 1. The lowest BCUT2D eigenvalue weighted by Gasteiger charge is -2.36. The Bertz CT molecular complexity index is 991. The van der Waals surface area contributed by atoms with E-state index in [1.165, 1.54) is 6.26 Å². The molecule has 2 amide bonds. The number of aromatic nitrogens is 2. The number of hydrogen-bond acceptors (Lipinski definition) is 8. The zero-order chi connectivity index (χ0) is 21.8. The Morgan fingerprint density at radius 2 is 2.00 bits per heavy atom. The molecule has 0 spiro atoms. The summed E-state index contributed by atoms with van der Waals surface area (Å²) in [6.07, 6.45) is 1.44. The molecule has 1 unspecified atom stereocenters. The number of rotatable bonds is 7. The highest BCUT2D eigenvalue weighted by atomic mass is 32.1. The van der Waals surface area contributed by atoms with Crippen molar-refractivity contribution in [1.82, 2.24) is 25.3 Å². The maximum Gasteiger partial charge on any atom is 0.287 e. The number of nitrogens with one attached hydrogen (secondary N) is 1. The summed E-state index contributed by atoms with van der Waals surface area (Å²) in [7, 11) is 0. The van der Waals surface area contributed by atoms with Gasteiger partial charge in [-0.15, -0.1) is 11.3 Å². The van der Waals surface area contributed by atoms with Crippen LogP contribution in [0, 0.1) is 5.92 Å². The number of piperazine rings is 1. The highest BCUT2D eigenvalue weighted by Gasteiger charge is 2.31. The van der Waals surface area contributed by atoms with Crippen LogP contribution in [0.2, 0.25) is 0 Å². The van der Waals surface area contributed by atoms with Crippen LogP contribution in [0.15, 0.2) is 44.8 Å². The van der Waals surface area contributed by atoms with E-state index in [4.69, 9.17) is 8.94 Å². The molecule has 1 atom stereocenters. The van der Waals surface area contributed by atoms with Crippen molar-refractivity contribution >= 4 is 23.2 Å². The molecule has 164 valence electrons. The van der Waals surface area contributed by atoms with Gasteiger partial charge in [0.15, 0.2) is 5.76 Å². The standard InChI is InChI=1S/C21H25N5O4S/c1-14(2)18(23-20(27)15-5-3-11-29-15)21(28)26-9-7-25(8-10-26)13-17-22-19(24-30-17)16-6-4-12-31-16/h3-6,11-12,14,18H,7-10,13H2,1-2H3,(H,23,27). The third-order valence-corrected chi connectivity index (χ3v) is 6.08. The highest BCUT2D eigenvalue weighted by Crippen LogP contribution is 2.22. The normalized spacial score (nSPS) is 15.9. The van der Waals surface area contributed by atoms with Gasteiger partial charge in [0.25, 0.3) is 5.91 Å². The second-order valence-electron chi connectivity index (χ2n) is 7.76. The molecule has 0 saturated carbocycles. The molecule has 1 fully saturated rings. The predicted octanol–water partition coefficient (Wildman–Crippen LogP) is 2.49. The molecule has 1 aliphatic rings. The molecule has 31 heavy (non-hydrogen) atoms. The van der Waals surface area contributed by atoms with Crippen molar-refractivity contribution in [3.05, 3.63) is 47.6 Å². The van der Waals surface area contributed by atoms with E-state index >= 15 is 0 Å². The van der Waals surface area contributed by atoms with Gasteiger partial charge in [-0.25, -0.2) is 0 Å². The van der Waals surface area contributed by atoms with Crippen LogP contribution in [-0.4, -0.2) is 64.0 Å². The Labute approximate surface area is 184 Å². The zero-order valence-corrected chi connectivity index (χ0v) is 18.3. The SMILES string of the molecule is CC(C)C(NC(=O)c1ccco1)C(=O)N1CCN(Cc2nc(-c3cccs3)no2)CC1. The third-order valence-electron chi connectivity index (χ3n) is 5.22. The Hall–Kier alpha value is -2.98. The predicted molar refractivity (Wildman–Crippen MR) is 114 cm³/mol. The van der Waals surface area contributed by atoms with Gasteiger partial charge in [0.1, 0.15) is 6.04 Å². The Morgan fingerprint density at radius 3 is 2.65 bits per heavy atom. The van der Waals surface area contributed by atoms with Gasteiger partial charge in [0.2, 0.25) is 17.6 Å². The van der Waals surface area contributed by atoms with Crippen LogP contribution >= 0.6 is 11.3 Å². The van der Waals surface area contributed by atoms with Crippen molar-refractivity contribution in [1.29, 1.82) is 0 Å². The van der Waals surface area contributed by atoms with Crippen molar-refractivity contribution in [2.45, 2.75) is 26.4 Å². The Morgan fingerprint density at radius 1 is 1.19 bits per heavy atom. The van der Waals surface area contributed by atoms with Crippen molar-refractivity contribution in [2.24, 2.45) is 5.92 Å². The first kappa shape index (κ1) is 21.3. The van der Waals surface area contributed by atoms with E-state index in [0.717, 1.165) is 4.88 Å². The lowest BCUT2D eigenvalue weighted by atomic mass is 10.0. The minimum atomic E-state index is -0.603. The van der Waals surface area contributed by atoms with Gasteiger partial charge >= 0.3 is 0 Å². The number of hydrogen-bond donors (Lipinski definition) is 1. The second-order valence-corrected chi connectivity index (χ2v) is 8.71. The molecule has 1 aliphatic heterocycles. The first-order valence-corrected chi connectivity index (χ1v) is 11.1. The van der Waals surface area contributed by atoms with Crippen LogP contribution in [0.25, 0.3) is 10.7 Å². The summed E-state index contributed by atoms with van der Waals surface area (Å²) in [5, 5.41) is 8.83. The fourth-order valence-corrected chi connectivity index (χ4v) is 4.12. The zero-order valence-electron chi connectivity index (χ0n) is 17.5. The van der Waals surface area contributed by atoms with E-state index in [-0.39, 0.29) is 23.5 Å². The van der Waals surface area contributed by atoms with Gasteiger partial charge in [-0.05, 0) is 29.5 Å². The third kappa shape index (κ3) is 5.02. The fourth-order valence-electron chi connectivity index (χ4n) is 3.47. The molecule has 3 aromatic rings. The fraction of sp³-hybridized carbons (Fsp3) is 0.429. The minimum absolute atomic E-state index is 0.0430. The topological polar surface area (TPSA) is 105 Å². The maximum absolute atomic E-state index is 13.1. The molecule has 10 heteroatoms. The van der Waals surface area contributed by atoms with Gasteiger partial charge in [-0.2, -0.15) is 4.98 Å². The van der Waals surface area contributed by atoms with Crippen molar-refractivity contribution in [2.75, 3.05) is 26.2 Å². The maximum atomic E-state index is 13.1. The van der Waals surface area contributed by atoms with Gasteiger partial charge in [0, 0.05) is 26.2 Å². The molecular weight excluding hydrogens is 418 g/mol. The Kier molecular flexibility index (Phi) is 6.47. The summed E-state index contributed by atoms with van der Waals surface area (Å²) in [5.41, 5.74) is 0. The Balaban J connectivity index is 1.31. The summed E-state index contributed by atoms with van der Waals surface area (Å²) in [6, 6.07) is 6.53. The lowest BCUT2D eigenvalue weighted by Crippen LogP contribution is -2.56. The van der Waals surface area contributed by atoms with Crippen molar-refractivity contribution in [3.63, 3.8) is 0 Å². The van der Waals surface area contributed by atoms with Crippen LogP contribution in [0.5, 0.6) is 0 Å². The summed E-state index contributed by atoms with van der Waals surface area (Å²) >= 11 is 1.57.